The summed E-state index contributed by atoms with van der Waals surface area (Å²) in [6.07, 6.45) is 2.78. The maximum atomic E-state index is 11.5. The molecule has 8 nitrogen and oxygen atoms in total. The summed E-state index contributed by atoms with van der Waals surface area (Å²) < 4.78 is 13.7. The zero-order valence-corrected chi connectivity index (χ0v) is 21.2. The number of benzene rings is 2. The highest BCUT2D eigenvalue weighted by Gasteiger charge is 2.26. The number of ether oxygens (including phenoxy) is 2. The van der Waals surface area contributed by atoms with E-state index in [0.717, 1.165) is 30.2 Å². The van der Waals surface area contributed by atoms with Gasteiger partial charge in [0.15, 0.2) is 0 Å². The first-order chi connectivity index (χ1) is 16.7. The molecule has 3 heterocycles. The first-order valence-corrected chi connectivity index (χ1v) is 12.2. The average Bonchev–Trinajstić information content (AvgIpc) is 3.42. The third-order valence-corrected chi connectivity index (χ3v) is 6.59. The Morgan fingerprint density at radius 3 is 2.69 bits per heavy atom. The Balaban J connectivity index is 1.58. The lowest BCUT2D eigenvalue weighted by molar-refractivity contribution is 0.121. The summed E-state index contributed by atoms with van der Waals surface area (Å²) >= 11 is 6.52. The van der Waals surface area contributed by atoms with Crippen LogP contribution in [-0.4, -0.2) is 61.4 Å². The van der Waals surface area contributed by atoms with Gasteiger partial charge in [0, 0.05) is 16.5 Å². The third kappa shape index (κ3) is 4.78. The second kappa shape index (κ2) is 9.26. The predicted molar refractivity (Wildman–Crippen MR) is 135 cm³/mol. The molecule has 0 amide bonds. The van der Waals surface area contributed by atoms with Crippen molar-refractivity contribution in [2.45, 2.75) is 51.4 Å². The lowest BCUT2D eigenvalue weighted by Gasteiger charge is -2.22. The van der Waals surface area contributed by atoms with Gasteiger partial charge in [-0.1, -0.05) is 41.9 Å². The van der Waals surface area contributed by atoms with E-state index in [-0.39, 0.29) is 6.01 Å². The van der Waals surface area contributed by atoms with Crippen LogP contribution in [0.1, 0.15) is 51.0 Å². The summed E-state index contributed by atoms with van der Waals surface area (Å²) in [4.78, 5) is 11.3. The van der Waals surface area contributed by atoms with E-state index >= 15 is 0 Å². The van der Waals surface area contributed by atoms with E-state index in [1.54, 1.807) is 10.7 Å². The molecule has 1 saturated heterocycles. The van der Waals surface area contributed by atoms with Gasteiger partial charge in [-0.05, 0) is 64.2 Å². The molecule has 184 valence electrons. The number of hydrogen-bond donors (Lipinski definition) is 1. The minimum absolute atomic E-state index is 0.180. The molecule has 1 unspecified atom stereocenters. The molecule has 1 aliphatic rings. The summed E-state index contributed by atoms with van der Waals surface area (Å²) in [5.41, 5.74) is 1.04. The largest absolute Gasteiger partial charge is 0.469 e. The standard InChI is InChI=1S/C26H30ClN5O3/c1-26(2,3)35-24-23-28-14-20(22(33)18-11-5-8-16-9-6-12-19(27)21(16)18)32(23)30-25(29-24)34-15-17-10-7-13-31(17)4/h5-6,8-9,11-12,14,17,22,33H,7,10,13,15H2,1-4H3/t17-,22?/m0/s1. The van der Waals surface area contributed by atoms with Crippen LogP contribution in [0.3, 0.4) is 0 Å². The SMILES string of the molecule is CN1CCC[C@H]1COc1nc(OC(C)(C)C)c2ncc(C(O)c3cccc4cccc(Cl)c34)n2n1. The van der Waals surface area contributed by atoms with E-state index in [1.165, 1.54) is 0 Å². The van der Waals surface area contributed by atoms with Gasteiger partial charge in [0.25, 0.3) is 5.88 Å². The predicted octanol–water partition coefficient (Wildman–Crippen LogP) is 4.66. The molecule has 2 aromatic carbocycles. The molecule has 1 fully saturated rings. The zero-order chi connectivity index (χ0) is 24.7. The molecule has 1 aliphatic heterocycles. The Morgan fingerprint density at radius 1 is 1.20 bits per heavy atom. The van der Waals surface area contributed by atoms with Gasteiger partial charge in [-0.25, -0.2) is 9.50 Å². The minimum Gasteiger partial charge on any atom is -0.469 e. The van der Waals surface area contributed by atoms with Crippen molar-refractivity contribution in [1.29, 1.82) is 0 Å². The molecule has 9 heteroatoms. The minimum atomic E-state index is -1.03. The van der Waals surface area contributed by atoms with E-state index in [1.807, 2.05) is 57.2 Å². The van der Waals surface area contributed by atoms with Gasteiger partial charge in [-0.15, -0.1) is 5.10 Å². The molecule has 5 rings (SSSR count). The van der Waals surface area contributed by atoms with Crippen LogP contribution in [0.4, 0.5) is 0 Å². The molecule has 0 spiro atoms. The Morgan fingerprint density at radius 2 is 1.97 bits per heavy atom. The molecule has 0 bridgehead atoms. The van der Waals surface area contributed by atoms with Crippen molar-refractivity contribution < 1.29 is 14.6 Å². The maximum Gasteiger partial charge on any atom is 0.337 e. The topological polar surface area (TPSA) is 85.0 Å². The van der Waals surface area contributed by atoms with Crippen LogP contribution in [0.5, 0.6) is 11.9 Å². The number of aliphatic hydroxyl groups is 1. The van der Waals surface area contributed by atoms with Gasteiger partial charge >= 0.3 is 6.01 Å². The van der Waals surface area contributed by atoms with Crippen molar-refractivity contribution in [2.24, 2.45) is 0 Å². The molecule has 35 heavy (non-hydrogen) atoms. The van der Waals surface area contributed by atoms with Crippen molar-refractivity contribution >= 4 is 28.0 Å². The fourth-order valence-corrected chi connectivity index (χ4v) is 4.82. The summed E-state index contributed by atoms with van der Waals surface area (Å²) in [7, 11) is 2.10. The van der Waals surface area contributed by atoms with Crippen LogP contribution in [0.15, 0.2) is 42.6 Å². The van der Waals surface area contributed by atoms with Gasteiger partial charge in [-0.3, -0.25) is 0 Å². The molecule has 0 radical (unpaired) electrons. The molecule has 0 aliphatic carbocycles. The second-order valence-electron chi connectivity index (χ2n) is 10.0. The summed E-state index contributed by atoms with van der Waals surface area (Å²) in [6, 6.07) is 11.9. The maximum absolute atomic E-state index is 11.5. The Labute approximate surface area is 209 Å². The van der Waals surface area contributed by atoms with Crippen molar-refractivity contribution in [1.82, 2.24) is 24.5 Å². The smallest absolute Gasteiger partial charge is 0.337 e. The number of rotatable bonds is 6. The van der Waals surface area contributed by atoms with E-state index in [2.05, 4.69) is 27.0 Å². The number of likely N-dealkylation sites (N-methyl/N-ethyl adjacent to an activating group) is 1. The van der Waals surface area contributed by atoms with E-state index in [9.17, 15) is 5.11 Å². The van der Waals surface area contributed by atoms with E-state index < -0.39 is 11.7 Å². The van der Waals surface area contributed by atoms with Crippen LogP contribution in [0.2, 0.25) is 5.02 Å². The molecular weight excluding hydrogens is 466 g/mol. The lowest BCUT2D eigenvalue weighted by atomic mass is 9.99. The Bertz CT molecular complexity index is 1360. The molecule has 2 atom stereocenters. The number of aliphatic hydroxyl groups excluding tert-OH is 1. The first kappa shape index (κ1) is 23.8. The average molecular weight is 496 g/mol. The van der Waals surface area contributed by atoms with Crippen molar-refractivity contribution in [2.75, 3.05) is 20.2 Å². The summed E-state index contributed by atoms with van der Waals surface area (Å²) in [6.45, 7) is 7.35. The fraction of sp³-hybridized carbons (Fsp3) is 0.423. The van der Waals surface area contributed by atoms with Gasteiger partial charge < -0.3 is 19.5 Å². The third-order valence-electron chi connectivity index (χ3n) is 6.28. The van der Waals surface area contributed by atoms with Crippen LogP contribution < -0.4 is 9.47 Å². The number of fused-ring (bicyclic) bond motifs is 2. The monoisotopic (exact) mass is 495 g/mol. The second-order valence-corrected chi connectivity index (χ2v) is 10.4. The summed E-state index contributed by atoms with van der Waals surface area (Å²) in [5, 5.41) is 18.4. The van der Waals surface area contributed by atoms with Gasteiger partial charge in [0.05, 0.1) is 11.9 Å². The quantitative estimate of drug-likeness (QED) is 0.416. The van der Waals surface area contributed by atoms with Crippen LogP contribution >= 0.6 is 11.6 Å². The molecule has 4 aromatic rings. The number of imidazole rings is 1. The van der Waals surface area contributed by atoms with Gasteiger partial charge in [0.1, 0.15) is 18.3 Å². The highest BCUT2D eigenvalue weighted by atomic mass is 35.5. The van der Waals surface area contributed by atoms with Crippen LogP contribution in [-0.2, 0) is 0 Å². The van der Waals surface area contributed by atoms with Gasteiger partial charge in [0.2, 0.25) is 5.65 Å². The highest BCUT2D eigenvalue weighted by molar-refractivity contribution is 6.35. The van der Waals surface area contributed by atoms with E-state index in [0.29, 0.717) is 40.5 Å². The summed E-state index contributed by atoms with van der Waals surface area (Å²) in [5.74, 6) is 0.302. The van der Waals surface area contributed by atoms with E-state index in [4.69, 9.17) is 21.1 Å². The Kier molecular flexibility index (Phi) is 6.29. The van der Waals surface area contributed by atoms with Crippen molar-refractivity contribution in [3.05, 3.63) is 58.9 Å². The number of likely N-dealkylation sites (tertiary alicyclic amines) is 1. The molecule has 2 aromatic heterocycles. The fourth-order valence-electron chi connectivity index (χ4n) is 4.53. The van der Waals surface area contributed by atoms with Crippen LogP contribution in [0, 0.1) is 0 Å². The molecule has 0 saturated carbocycles. The Hall–Kier alpha value is -2.94. The number of aromatic nitrogens is 4. The number of halogens is 1. The van der Waals surface area contributed by atoms with Crippen molar-refractivity contribution in [3.8, 4) is 11.9 Å². The van der Waals surface area contributed by atoms with Gasteiger partial charge in [-0.2, -0.15) is 4.98 Å². The molecule has 1 N–H and O–H groups in total. The van der Waals surface area contributed by atoms with Crippen molar-refractivity contribution in [3.63, 3.8) is 0 Å². The lowest BCUT2D eigenvalue weighted by Crippen LogP contribution is -2.31. The number of nitrogens with zero attached hydrogens (tertiary/aromatic N) is 5. The number of hydrogen-bond acceptors (Lipinski definition) is 7. The normalized spacial score (nSPS) is 17.8. The first-order valence-electron chi connectivity index (χ1n) is 11.8. The van der Waals surface area contributed by atoms with Crippen LogP contribution in [0.25, 0.3) is 16.4 Å². The zero-order valence-electron chi connectivity index (χ0n) is 20.4. The molecular formula is C26H30ClN5O3. The highest BCUT2D eigenvalue weighted by Crippen LogP contribution is 2.34.